The maximum absolute atomic E-state index is 11.8. The zero-order chi connectivity index (χ0) is 14.8. The third-order valence-electron chi connectivity index (χ3n) is 3.13. The Kier molecular flexibility index (Phi) is 4.74. The van der Waals surface area contributed by atoms with Crippen LogP contribution in [0.1, 0.15) is 31.9 Å². The van der Waals surface area contributed by atoms with Gasteiger partial charge in [0.05, 0.1) is 17.3 Å². The summed E-state index contributed by atoms with van der Waals surface area (Å²) in [6.07, 6.45) is 0.639. The quantitative estimate of drug-likeness (QED) is 0.856. The molecule has 1 saturated heterocycles. The number of hydrogen-bond acceptors (Lipinski definition) is 5. The van der Waals surface area contributed by atoms with Crippen molar-refractivity contribution >= 4 is 33.3 Å². The first-order valence-corrected chi connectivity index (χ1v) is 9.40. The van der Waals surface area contributed by atoms with Crippen LogP contribution in [-0.2, 0) is 14.6 Å². The number of carbonyl (C=O) groups is 1. The number of carbonyl (C=O) groups excluding carboxylic acids is 1. The summed E-state index contributed by atoms with van der Waals surface area (Å²) >= 11 is 1.40. The molecule has 2 heterocycles. The van der Waals surface area contributed by atoms with E-state index in [2.05, 4.69) is 15.5 Å². The van der Waals surface area contributed by atoms with Gasteiger partial charge in [0.15, 0.2) is 15.7 Å². The van der Waals surface area contributed by atoms with Gasteiger partial charge in [-0.15, -0.1) is 11.8 Å². The van der Waals surface area contributed by atoms with Gasteiger partial charge in [-0.25, -0.2) is 8.42 Å². The first-order chi connectivity index (χ1) is 9.35. The Morgan fingerprint density at radius 3 is 2.90 bits per heavy atom. The highest BCUT2D eigenvalue weighted by atomic mass is 32.2. The number of hydrogen-bond donors (Lipinski definition) is 2. The fraction of sp³-hybridized carbons (Fsp3) is 0.667. The number of thioether (sulfide) groups is 1. The van der Waals surface area contributed by atoms with E-state index < -0.39 is 9.84 Å². The Morgan fingerprint density at radius 1 is 1.60 bits per heavy atom. The molecule has 1 unspecified atom stereocenters. The summed E-state index contributed by atoms with van der Waals surface area (Å²) in [6.45, 7) is 4.07. The van der Waals surface area contributed by atoms with Crippen LogP contribution in [0, 0.1) is 0 Å². The molecule has 1 amide bonds. The average molecular weight is 317 g/mol. The smallest absolute Gasteiger partial charge is 0.235 e. The number of sulfone groups is 1. The van der Waals surface area contributed by atoms with E-state index in [1.54, 1.807) is 0 Å². The lowest BCUT2D eigenvalue weighted by atomic mass is 10.1. The highest BCUT2D eigenvalue weighted by molar-refractivity contribution is 8.02. The van der Waals surface area contributed by atoms with Gasteiger partial charge in [-0.2, -0.15) is 5.10 Å². The summed E-state index contributed by atoms with van der Waals surface area (Å²) in [5, 5.41) is 9.63. The zero-order valence-corrected chi connectivity index (χ0v) is 13.2. The molecule has 0 aliphatic carbocycles. The number of nitrogens with one attached hydrogen (secondary N) is 2. The maximum Gasteiger partial charge on any atom is 0.235 e. The number of nitrogens with zero attached hydrogens (tertiary/aromatic N) is 1. The van der Waals surface area contributed by atoms with Crippen molar-refractivity contribution in [1.82, 2.24) is 10.2 Å². The second-order valence-electron chi connectivity index (χ2n) is 5.25. The van der Waals surface area contributed by atoms with Crippen LogP contribution in [0.5, 0.6) is 0 Å². The standard InChI is InChI=1S/C12H19N3O3S2/c1-8(2)10-5-11(15-14-10)13-12(16)6-19-9-3-4-20(17,18)7-9/h5,8-9H,3-4,6-7H2,1-2H3,(H2,13,14,15,16). The molecule has 2 N–H and O–H groups in total. The number of aromatic amines is 1. The number of anilines is 1. The van der Waals surface area contributed by atoms with Crippen molar-refractivity contribution < 1.29 is 13.2 Å². The molecule has 0 spiro atoms. The van der Waals surface area contributed by atoms with Crippen molar-refractivity contribution in [1.29, 1.82) is 0 Å². The predicted molar refractivity (Wildman–Crippen MR) is 80.8 cm³/mol. The molecular weight excluding hydrogens is 298 g/mol. The fourth-order valence-electron chi connectivity index (χ4n) is 1.96. The SMILES string of the molecule is CC(C)c1cc(NC(=O)CSC2CCS(=O)(=O)C2)n[nH]1. The molecule has 8 heteroatoms. The first-order valence-electron chi connectivity index (χ1n) is 6.53. The third-order valence-corrected chi connectivity index (χ3v) is 6.41. The highest BCUT2D eigenvalue weighted by Gasteiger charge is 2.28. The van der Waals surface area contributed by atoms with Crippen molar-refractivity contribution in [3.05, 3.63) is 11.8 Å². The first kappa shape index (κ1) is 15.4. The number of H-pyrrole nitrogens is 1. The predicted octanol–water partition coefficient (Wildman–Crippen LogP) is 1.39. The van der Waals surface area contributed by atoms with Crippen molar-refractivity contribution in [3.63, 3.8) is 0 Å². The van der Waals surface area contributed by atoms with Crippen LogP contribution in [0.4, 0.5) is 5.82 Å². The summed E-state index contributed by atoms with van der Waals surface area (Å²) in [5.41, 5.74) is 0.967. The van der Waals surface area contributed by atoms with Gasteiger partial charge < -0.3 is 5.32 Å². The van der Waals surface area contributed by atoms with E-state index in [-0.39, 0.29) is 28.4 Å². The summed E-state index contributed by atoms with van der Waals surface area (Å²) in [4.78, 5) is 11.8. The second-order valence-corrected chi connectivity index (χ2v) is 8.76. The normalized spacial score (nSPS) is 21.2. The molecule has 0 saturated carbocycles. The molecule has 1 atom stereocenters. The van der Waals surface area contributed by atoms with E-state index in [4.69, 9.17) is 0 Å². The van der Waals surface area contributed by atoms with Crippen molar-refractivity contribution in [2.24, 2.45) is 0 Å². The van der Waals surface area contributed by atoms with Crippen LogP contribution >= 0.6 is 11.8 Å². The lowest BCUT2D eigenvalue weighted by molar-refractivity contribution is -0.113. The zero-order valence-electron chi connectivity index (χ0n) is 11.5. The van der Waals surface area contributed by atoms with Crippen LogP contribution in [0.25, 0.3) is 0 Å². The second kappa shape index (κ2) is 6.17. The van der Waals surface area contributed by atoms with E-state index in [0.717, 1.165) is 5.69 Å². The Morgan fingerprint density at radius 2 is 2.35 bits per heavy atom. The summed E-state index contributed by atoms with van der Waals surface area (Å²) in [7, 11) is -2.88. The summed E-state index contributed by atoms with van der Waals surface area (Å²) in [6, 6.07) is 1.81. The summed E-state index contributed by atoms with van der Waals surface area (Å²) < 4.78 is 22.6. The lowest BCUT2D eigenvalue weighted by Gasteiger charge is -2.06. The third kappa shape index (κ3) is 4.24. The Balaban J connectivity index is 1.78. The van der Waals surface area contributed by atoms with E-state index >= 15 is 0 Å². The largest absolute Gasteiger partial charge is 0.308 e. The molecule has 0 radical (unpaired) electrons. The molecule has 0 bridgehead atoms. The molecule has 112 valence electrons. The Bertz CT molecular complexity index is 581. The molecule has 1 aliphatic heterocycles. The summed E-state index contributed by atoms with van der Waals surface area (Å²) in [5.74, 6) is 1.36. The van der Waals surface area contributed by atoms with Gasteiger partial charge in [-0.05, 0) is 12.3 Å². The van der Waals surface area contributed by atoms with Crippen molar-refractivity contribution in [2.45, 2.75) is 31.4 Å². The van der Waals surface area contributed by atoms with Crippen LogP contribution < -0.4 is 5.32 Å². The topological polar surface area (TPSA) is 91.9 Å². The average Bonchev–Trinajstić information content (AvgIpc) is 2.93. The monoisotopic (exact) mass is 317 g/mol. The van der Waals surface area contributed by atoms with Gasteiger partial charge in [0.2, 0.25) is 5.91 Å². The fourth-order valence-corrected chi connectivity index (χ4v) is 5.40. The minimum Gasteiger partial charge on any atom is -0.308 e. The van der Waals surface area contributed by atoms with Gasteiger partial charge >= 0.3 is 0 Å². The molecule has 20 heavy (non-hydrogen) atoms. The minimum atomic E-state index is -2.88. The number of aromatic nitrogens is 2. The molecule has 1 fully saturated rings. The molecule has 1 aromatic rings. The molecule has 6 nitrogen and oxygen atoms in total. The van der Waals surface area contributed by atoms with Gasteiger partial charge in [0.1, 0.15) is 0 Å². The van der Waals surface area contributed by atoms with Crippen LogP contribution in [0.2, 0.25) is 0 Å². The van der Waals surface area contributed by atoms with Gasteiger partial charge in [-0.3, -0.25) is 9.89 Å². The molecule has 1 aromatic heterocycles. The highest BCUT2D eigenvalue weighted by Crippen LogP contribution is 2.24. The number of amides is 1. The van der Waals surface area contributed by atoms with E-state index in [9.17, 15) is 13.2 Å². The lowest BCUT2D eigenvalue weighted by Crippen LogP contribution is -2.17. The van der Waals surface area contributed by atoms with Gasteiger partial charge in [-0.1, -0.05) is 13.8 Å². The van der Waals surface area contributed by atoms with E-state index in [1.165, 1.54) is 11.8 Å². The molecular formula is C12H19N3O3S2. The Hall–Kier alpha value is -1.02. The van der Waals surface area contributed by atoms with Crippen LogP contribution in [0.15, 0.2) is 6.07 Å². The number of rotatable bonds is 5. The van der Waals surface area contributed by atoms with Gasteiger partial charge in [0, 0.05) is 17.0 Å². The van der Waals surface area contributed by atoms with Crippen LogP contribution in [0.3, 0.4) is 0 Å². The minimum absolute atomic E-state index is 0.0381. The van der Waals surface area contributed by atoms with E-state index in [0.29, 0.717) is 18.2 Å². The maximum atomic E-state index is 11.8. The van der Waals surface area contributed by atoms with Crippen molar-refractivity contribution in [2.75, 3.05) is 22.6 Å². The van der Waals surface area contributed by atoms with E-state index in [1.807, 2.05) is 19.9 Å². The molecule has 1 aliphatic rings. The van der Waals surface area contributed by atoms with Gasteiger partial charge in [0.25, 0.3) is 0 Å². The van der Waals surface area contributed by atoms with Crippen LogP contribution in [-0.4, -0.2) is 47.0 Å². The van der Waals surface area contributed by atoms with Crippen molar-refractivity contribution in [3.8, 4) is 0 Å². The Labute approximate surface area is 123 Å². The molecule has 2 rings (SSSR count). The molecule has 0 aromatic carbocycles.